The third-order valence-electron chi connectivity index (χ3n) is 3.19. The number of aromatic carboxylic acids is 1. The molecule has 17 heavy (non-hydrogen) atoms. The Morgan fingerprint density at radius 2 is 2.12 bits per heavy atom. The summed E-state index contributed by atoms with van der Waals surface area (Å²) in [6.45, 7) is 4.46. The third kappa shape index (κ3) is 3.31. The third-order valence-corrected chi connectivity index (χ3v) is 3.19. The summed E-state index contributed by atoms with van der Waals surface area (Å²) < 4.78 is 5.13. The number of aliphatic hydroxyl groups is 1. The van der Waals surface area contributed by atoms with Crippen LogP contribution < -0.4 is 5.32 Å². The van der Waals surface area contributed by atoms with Gasteiger partial charge in [0.15, 0.2) is 0 Å². The van der Waals surface area contributed by atoms with Crippen molar-refractivity contribution >= 4 is 5.97 Å². The van der Waals surface area contributed by atoms with E-state index in [1.807, 2.05) is 13.8 Å². The van der Waals surface area contributed by atoms with E-state index in [4.69, 9.17) is 9.52 Å². The first-order valence-electron chi connectivity index (χ1n) is 5.73. The van der Waals surface area contributed by atoms with Crippen molar-refractivity contribution in [3.8, 4) is 0 Å². The van der Waals surface area contributed by atoms with E-state index in [1.54, 1.807) is 0 Å². The molecule has 0 fully saturated rings. The zero-order chi connectivity index (χ0) is 12.9. The minimum Gasteiger partial charge on any atom is -0.478 e. The van der Waals surface area contributed by atoms with Crippen LogP contribution in [0.3, 0.4) is 0 Å². The molecule has 0 saturated heterocycles. The van der Waals surface area contributed by atoms with Crippen LogP contribution in [0.15, 0.2) is 16.7 Å². The van der Waals surface area contributed by atoms with Gasteiger partial charge < -0.3 is 19.9 Å². The number of carbonyl (C=O) groups is 1. The Morgan fingerprint density at radius 3 is 2.53 bits per heavy atom. The second-order valence-corrected chi connectivity index (χ2v) is 4.11. The van der Waals surface area contributed by atoms with Crippen molar-refractivity contribution in [2.45, 2.75) is 38.8 Å². The first-order chi connectivity index (χ1) is 8.06. The Morgan fingerprint density at radius 1 is 1.47 bits per heavy atom. The number of aliphatic hydroxyl groups excluding tert-OH is 1. The highest BCUT2D eigenvalue weighted by Crippen LogP contribution is 2.16. The number of carboxylic acids is 1. The molecule has 0 saturated carbocycles. The lowest BCUT2D eigenvalue weighted by Crippen LogP contribution is -2.46. The van der Waals surface area contributed by atoms with Gasteiger partial charge in [0.25, 0.3) is 0 Å². The molecule has 5 nitrogen and oxygen atoms in total. The van der Waals surface area contributed by atoms with Gasteiger partial charge in [-0.1, -0.05) is 13.8 Å². The van der Waals surface area contributed by atoms with Crippen molar-refractivity contribution in [1.82, 2.24) is 5.32 Å². The summed E-state index contributed by atoms with van der Waals surface area (Å²) in [4.78, 5) is 10.7. The summed E-state index contributed by atoms with van der Waals surface area (Å²) >= 11 is 0. The summed E-state index contributed by atoms with van der Waals surface area (Å²) in [5.41, 5.74) is -0.180. The van der Waals surface area contributed by atoms with Crippen LogP contribution in [0, 0.1) is 0 Å². The van der Waals surface area contributed by atoms with Gasteiger partial charge in [0.2, 0.25) is 0 Å². The smallest absolute Gasteiger partial charge is 0.338 e. The predicted octanol–water partition coefficient (Wildman–Crippen LogP) is 1.62. The molecule has 0 aliphatic rings. The van der Waals surface area contributed by atoms with Crippen LogP contribution >= 0.6 is 0 Å². The normalized spacial score (nSPS) is 11.7. The topological polar surface area (TPSA) is 82.7 Å². The zero-order valence-electron chi connectivity index (χ0n) is 10.2. The van der Waals surface area contributed by atoms with E-state index in [9.17, 15) is 9.90 Å². The molecule has 3 N–H and O–H groups in total. The van der Waals surface area contributed by atoms with Crippen LogP contribution in [-0.4, -0.2) is 28.3 Å². The molecule has 0 atom stereocenters. The standard InChI is InChI=1S/C12H19NO4/c1-3-12(4-2,8-14)13-6-10-5-9(7-17-10)11(15)16/h5,7,13-14H,3-4,6,8H2,1-2H3,(H,15,16). The predicted molar refractivity (Wildman–Crippen MR) is 62.9 cm³/mol. The van der Waals surface area contributed by atoms with Crippen molar-refractivity contribution in [2.75, 3.05) is 6.61 Å². The number of nitrogens with one attached hydrogen (secondary N) is 1. The fourth-order valence-corrected chi connectivity index (χ4v) is 1.64. The Labute approximate surface area is 100 Å². The molecule has 0 amide bonds. The molecule has 0 unspecified atom stereocenters. The average Bonchev–Trinajstić information content (AvgIpc) is 2.81. The Balaban J connectivity index is 2.62. The minimum atomic E-state index is -1.00. The quantitative estimate of drug-likeness (QED) is 0.675. The summed E-state index contributed by atoms with van der Waals surface area (Å²) in [5.74, 6) is -0.443. The molecule has 0 bridgehead atoms. The molecule has 5 heteroatoms. The van der Waals surface area contributed by atoms with Crippen LogP contribution in [0.2, 0.25) is 0 Å². The Hall–Kier alpha value is -1.33. The molecule has 0 spiro atoms. The summed E-state index contributed by atoms with van der Waals surface area (Å²) in [6.07, 6.45) is 2.82. The maximum absolute atomic E-state index is 10.7. The number of carboxylic acid groups (broad SMARTS) is 1. The summed E-state index contributed by atoms with van der Waals surface area (Å²) in [6, 6.07) is 1.49. The monoisotopic (exact) mass is 241 g/mol. The van der Waals surface area contributed by atoms with E-state index >= 15 is 0 Å². The van der Waals surface area contributed by atoms with Crippen LogP contribution in [0.25, 0.3) is 0 Å². The number of rotatable bonds is 7. The molecule has 1 rings (SSSR count). The lowest BCUT2D eigenvalue weighted by Gasteiger charge is -2.30. The van der Waals surface area contributed by atoms with Crippen LogP contribution in [0.4, 0.5) is 0 Å². The Kier molecular flexibility index (Phi) is 4.72. The lowest BCUT2D eigenvalue weighted by molar-refractivity contribution is 0.0696. The summed E-state index contributed by atoms with van der Waals surface area (Å²) in [7, 11) is 0. The van der Waals surface area contributed by atoms with Crippen molar-refractivity contribution in [3.05, 3.63) is 23.7 Å². The maximum atomic E-state index is 10.7. The van der Waals surface area contributed by atoms with Gasteiger partial charge in [-0.3, -0.25) is 0 Å². The van der Waals surface area contributed by atoms with Gasteiger partial charge in [-0.2, -0.15) is 0 Å². The van der Waals surface area contributed by atoms with Gasteiger partial charge in [-0.25, -0.2) is 4.79 Å². The van der Waals surface area contributed by atoms with Gasteiger partial charge in [0, 0.05) is 5.54 Å². The highest BCUT2D eigenvalue weighted by molar-refractivity contribution is 5.87. The molecule has 0 aliphatic heterocycles. The van der Waals surface area contributed by atoms with E-state index < -0.39 is 5.97 Å². The molecule has 0 aromatic carbocycles. The fraction of sp³-hybridized carbons (Fsp3) is 0.583. The molecule has 0 radical (unpaired) electrons. The van der Waals surface area contributed by atoms with Gasteiger partial charge in [0.05, 0.1) is 18.7 Å². The number of furan rings is 1. The SMILES string of the molecule is CCC(CC)(CO)NCc1cc(C(=O)O)co1. The van der Waals surface area contributed by atoms with Gasteiger partial charge in [0.1, 0.15) is 12.0 Å². The second-order valence-electron chi connectivity index (χ2n) is 4.11. The first-order valence-corrected chi connectivity index (χ1v) is 5.73. The number of hydrogen-bond donors (Lipinski definition) is 3. The van der Waals surface area contributed by atoms with E-state index in [0.29, 0.717) is 12.3 Å². The molecule has 1 aromatic rings. The van der Waals surface area contributed by atoms with Gasteiger partial charge in [-0.05, 0) is 18.9 Å². The second kappa shape index (κ2) is 5.84. The fourth-order valence-electron chi connectivity index (χ4n) is 1.64. The molecular weight excluding hydrogens is 222 g/mol. The minimum absolute atomic E-state index is 0.0481. The average molecular weight is 241 g/mol. The number of hydrogen-bond acceptors (Lipinski definition) is 4. The van der Waals surface area contributed by atoms with Crippen LogP contribution in [0.5, 0.6) is 0 Å². The highest BCUT2D eigenvalue weighted by atomic mass is 16.4. The van der Waals surface area contributed by atoms with Gasteiger partial charge in [-0.15, -0.1) is 0 Å². The molecule has 0 aliphatic carbocycles. The zero-order valence-corrected chi connectivity index (χ0v) is 10.2. The molecule has 96 valence electrons. The van der Waals surface area contributed by atoms with Crippen molar-refractivity contribution < 1.29 is 19.4 Å². The Bertz CT molecular complexity index is 360. The van der Waals surface area contributed by atoms with Gasteiger partial charge >= 0.3 is 5.97 Å². The van der Waals surface area contributed by atoms with E-state index in [0.717, 1.165) is 12.8 Å². The van der Waals surface area contributed by atoms with Crippen molar-refractivity contribution in [3.63, 3.8) is 0 Å². The van der Waals surface area contributed by atoms with Crippen molar-refractivity contribution in [1.29, 1.82) is 0 Å². The highest BCUT2D eigenvalue weighted by Gasteiger charge is 2.24. The van der Waals surface area contributed by atoms with Crippen LogP contribution in [-0.2, 0) is 6.54 Å². The lowest BCUT2D eigenvalue weighted by atomic mass is 9.94. The summed E-state index contributed by atoms with van der Waals surface area (Å²) in [5, 5.41) is 21.3. The van der Waals surface area contributed by atoms with E-state index in [1.165, 1.54) is 12.3 Å². The molecular formula is C12H19NO4. The van der Waals surface area contributed by atoms with Crippen LogP contribution in [0.1, 0.15) is 42.8 Å². The molecule has 1 aromatic heterocycles. The van der Waals surface area contributed by atoms with Crippen molar-refractivity contribution in [2.24, 2.45) is 0 Å². The van der Waals surface area contributed by atoms with E-state index in [2.05, 4.69) is 5.32 Å². The molecule has 1 heterocycles. The maximum Gasteiger partial charge on any atom is 0.338 e. The van der Waals surface area contributed by atoms with E-state index in [-0.39, 0.29) is 17.7 Å². The largest absolute Gasteiger partial charge is 0.478 e. The first kappa shape index (κ1) is 13.7.